The van der Waals surface area contributed by atoms with Crippen LogP contribution in [0.15, 0.2) is 24.3 Å². The second-order valence-corrected chi connectivity index (χ2v) is 15.4. The number of allylic oxidation sites excluding steroid dienone is 4. The average molecular weight is 734 g/mol. The third kappa shape index (κ3) is 35.4. The summed E-state index contributed by atoms with van der Waals surface area (Å²) < 4.78 is 5.89. The number of ether oxygens (including phenoxy) is 1. The molecule has 0 saturated carbocycles. The molecule has 0 aliphatic heterocycles. The highest BCUT2D eigenvalue weighted by molar-refractivity contribution is 5.77. The Balaban J connectivity index is 4.55. The maximum absolute atomic E-state index is 13.1. The predicted octanol–water partition coefficient (Wildman–Crippen LogP) is 12.8. The molecule has 0 saturated heterocycles. The zero-order valence-electron chi connectivity index (χ0n) is 34.7. The molecular weight excluding hydrogens is 647 g/mol. The molecule has 0 fully saturated rings. The van der Waals surface area contributed by atoms with Crippen LogP contribution in [0.25, 0.3) is 0 Å². The van der Waals surface area contributed by atoms with Crippen molar-refractivity contribution in [3.63, 3.8) is 0 Å². The summed E-state index contributed by atoms with van der Waals surface area (Å²) in [5.74, 6) is -0.478. The van der Waals surface area contributed by atoms with Crippen molar-refractivity contribution in [3.8, 4) is 0 Å². The summed E-state index contributed by atoms with van der Waals surface area (Å²) in [6.45, 7) is 6.34. The Hall–Kier alpha value is -1.66. The van der Waals surface area contributed by atoms with Crippen LogP contribution < -0.4 is 5.32 Å². The summed E-state index contributed by atoms with van der Waals surface area (Å²) in [7, 11) is 0. The van der Waals surface area contributed by atoms with Crippen LogP contribution in [0, 0.1) is 0 Å². The van der Waals surface area contributed by atoms with Crippen molar-refractivity contribution in [3.05, 3.63) is 24.3 Å². The van der Waals surface area contributed by atoms with E-state index in [0.717, 1.165) is 70.6 Å². The Labute approximate surface area is 322 Å². The zero-order valence-corrected chi connectivity index (χ0v) is 34.7. The van der Waals surface area contributed by atoms with E-state index in [-0.39, 0.29) is 24.9 Å². The maximum Gasteiger partial charge on any atom is 0.306 e. The lowest BCUT2D eigenvalue weighted by Crippen LogP contribution is -2.46. The Bertz CT molecular complexity index is 828. The first kappa shape index (κ1) is 50.3. The molecular formula is C46H87NO5. The molecule has 0 heterocycles. The number of unbranched alkanes of at least 4 members (excludes halogenated alkanes) is 24. The monoisotopic (exact) mass is 734 g/mol. The molecule has 1 amide bonds. The molecule has 0 aliphatic rings. The summed E-state index contributed by atoms with van der Waals surface area (Å²) in [5, 5.41) is 23.5. The molecule has 0 bridgehead atoms. The van der Waals surface area contributed by atoms with Crippen LogP contribution in [0.3, 0.4) is 0 Å². The van der Waals surface area contributed by atoms with Crippen LogP contribution >= 0.6 is 0 Å². The number of hydrogen-bond donors (Lipinski definition) is 3. The average Bonchev–Trinajstić information content (AvgIpc) is 3.13. The summed E-state index contributed by atoms with van der Waals surface area (Å²) in [6.07, 6.45) is 43.8. The largest absolute Gasteiger partial charge is 0.462 e. The summed E-state index contributed by atoms with van der Waals surface area (Å²) in [6, 6.07) is -0.695. The highest BCUT2D eigenvalue weighted by Crippen LogP contribution is 2.18. The fourth-order valence-electron chi connectivity index (χ4n) is 6.88. The van der Waals surface area contributed by atoms with Crippen molar-refractivity contribution in [1.29, 1.82) is 0 Å². The molecule has 306 valence electrons. The van der Waals surface area contributed by atoms with Gasteiger partial charge in [-0.3, -0.25) is 9.59 Å². The second kappa shape index (κ2) is 40.5. The number of carbonyl (C=O) groups excluding carboxylic acids is 2. The van der Waals surface area contributed by atoms with Crippen LogP contribution in [0.5, 0.6) is 0 Å². The molecule has 0 radical (unpaired) electrons. The number of nitrogens with one attached hydrogen (secondary N) is 1. The summed E-state index contributed by atoms with van der Waals surface area (Å²) >= 11 is 0. The lowest BCUT2D eigenvalue weighted by Gasteiger charge is -2.24. The SMILES string of the molecule is CC/C=C/C/C=C/CCCCCCCCCC(=O)OC(CCCCCCCCCCCC)CC(=O)NC(CO)C(O)CCCCCCCCCCC. The Kier molecular flexibility index (Phi) is 39.2. The highest BCUT2D eigenvalue weighted by Gasteiger charge is 2.24. The van der Waals surface area contributed by atoms with E-state index in [1.165, 1.54) is 116 Å². The first-order valence-corrected chi connectivity index (χ1v) is 22.6. The molecule has 0 aromatic carbocycles. The van der Waals surface area contributed by atoms with Gasteiger partial charge in [0.15, 0.2) is 0 Å². The molecule has 3 atom stereocenters. The van der Waals surface area contributed by atoms with Gasteiger partial charge in [-0.2, -0.15) is 0 Å². The molecule has 6 nitrogen and oxygen atoms in total. The Morgan fingerprint density at radius 2 is 1.04 bits per heavy atom. The van der Waals surface area contributed by atoms with Gasteiger partial charge in [0, 0.05) is 6.42 Å². The summed E-state index contributed by atoms with van der Waals surface area (Å²) in [5.41, 5.74) is 0. The molecule has 6 heteroatoms. The van der Waals surface area contributed by atoms with E-state index in [1.54, 1.807) is 0 Å². The minimum Gasteiger partial charge on any atom is -0.462 e. The predicted molar refractivity (Wildman–Crippen MR) is 223 cm³/mol. The molecule has 0 aromatic heterocycles. The first-order valence-electron chi connectivity index (χ1n) is 22.6. The van der Waals surface area contributed by atoms with Gasteiger partial charge in [-0.15, -0.1) is 0 Å². The quantitative estimate of drug-likeness (QED) is 0.0331. The molecule has 3 unspecified atom stereocenters. The van der Waals surface area contributed by atoms with Crippen LogP contribution in [0.4, 0.5) is 0 Å². The van der Waals surface area contributed by atoms with Crippen molar-refractivity contribution in [2.24, 2.45) is 0 Å². The third-order valence-electron chi connectivity index (χ3n) is 10.3. The number of hydrogen-bond acceptors (Lipinski definition) is 5. The van der Waals surface area contributed by atoms with Gasteiger partial charge in [0.05, 0.1) is 25.2 Å². The van der Waals surface area contributed by atoms with Crippen molar-refractivity contribution >= 4 is 11.9 Å². The van der Waals surface area contributed by atoms with Gasteiger partial charge < -0.3 is 20.3 Å². The molecule has 0 rings (SSSR count). The van der Waals surface area contributed by atoms with E-state index in [4.69, 9.17) is 4.74 Å². The molecule has 52 heavy (non-hydrogen) atoms. The van der Waals surface area contributed by atoms with Crippen LogP contribution in [0.1, 0.15) is 233 Å². The minimum absolute atomic E-state index is 0.0784. The fraction of sp³-hybridized carbons (Fsp3) is 0.870. The van der Waals surface area contributed by atoms with Crippen molar-refractivity contribution in [1.82, 2.24) is 5.32 Å². The van der Waals surface area contributed by atoms with E-state index < -0.39 is 18.2 Å². The van der Waals surface area contributed by atoms with E-state index in [0.29, 0.717) is 19.3 Å². The number of aliphatic hydroxyl groups excluding tert-OH is 2. The lowest BCUT2D eigenvalue weighted by atomic mass is 10.0. The number of carbonyl (C=O) groups is 2. The number of amides is 1. The normalized spacial score (nSPS) is 13.6. The second-order valence-electron chi connectivity index (χ2n) is 15.4. The van der Waals surface area contributed by atoms with Gasteiger partial charge in [-0.05, 0) is 51.4 Å². The van der Waals surface area contributed by atoms with E-state index in [1.807, 2.05) is 0 Å². The topological polar surface area (TPSA) is 95.9 Å². The van der Waals surface area contributed by atoms with Gasteiger partial charge >= 0.3 is 5.97 Å². The molecule has 0 aliphatic carbocycles. The smallest absolute Gasteiger partial charge is 0.306 e. The zero-order chi connectivity index (χ0) is 38.2. The Morgan fingerprint density at radius 1 is 0.577 bits per heavy atom. The molecule has 0 aromatic rings. The Morgan fingerprint density at radius 3 is 1.56 bits per heavy atom. The van der Waals surface area contributed by atoms with Gasteiger partial charge in [-0.25, -0.2) is 0 Å². The van der Waals surface area contributed by atoms with Gasteiger partial charge in [0.1, 0.15) is 6.10 Å². The van der Waals surface area contributed by atoms with Crippen molar-refractivity contribution in [2.75, 3.05) is 6.61 Å². The molecule has 3 N–H and O–H groups in total. The van der Waals surface area contributed by atoms with Crippen molar-refractivity contribution in [2.45, 2.75) is 251 Å². The standard InChI is InChI=1S/C46H87NO5/c1-4-7-10-13-16-19-21-22-23-24-27-30-33-36-39-46(51)52-42(37-34-31-28-26-20-17-14-11-8-5-2)40-45(50)47-43(41-48)44(49)38-35-32-29-25-18-15-12-9-6-3/h7,10,16,19,42-44,48-49H,4-6,8-9,11-15,17-18,20-41H2,1-3H3,(H,47,50)/b10-7+,19-16+. The van der Waals surface area contributed by atoms with E-state index >= 15 is 0 Å². The number of esters is 1. The van der Waals surface area contributed by atoms with Gasteiger partial charge in [-0.1, -0.05) is 193 Å². The number of aliphatic hydroxyl groups is 2. The highest BCUT2D eigenvalue weighted by atomic mass is 16.5. The third-order valence-corrected chi connectivity index (χ3v) is 10.3. The van der Waals surface area contributed by atoms with E-state index in [2.05, 4.69) is 50.4 Å². The van der Waals surface area contributed by atoms with Crippen LogP contribution in [-0.4, -0.2) is 46.9 Å². The fourth-order valence-corrected chi connectivity index (χ4v) is 6.88. The van der Waals surface area contributed by atoms with E-state index in [9.17, 15) is 19.8 Å². The van der Waals surface area contributed by atoms with Crippen molar-refractivity contribution < 1.29 is 24.5 Å². The first-order chi connectivity index (χ1) is 25.5. The van der Waals surface area contributed by atoms with Gasteiger partial charge in [0.2, 0.25) is 5.91 Å². The lowest BCUT2D eigenvalue weighted by molar-refractivity contribution is -0.151. The molecule has 0 spiro atoms. The minimum atomic E-state index is -0.781. The number of rotatable bonds is 40. The van der Waals surface area contributed by atoms with Crippen LogP contribution in [-0.2, 0) is 14.3 Å². The van der Waals surface area contributed by atoms with Gasteiger partial charge in [0.25, 0.3) is 0 Å². The maximum atomic E-state index is 13.1. The summed E-state index contributed by atoms with van der Waals surface area (Å²) in [4.78, 5) is 25.9. The van der Waals surface area contributed by atoms with Crippen LogP contribution in [0.2, 0.25) is 0 Å².